The van der Waals surface area contributed by atoms with Gasteiger partial charge in [-0.2, -0.15) is 0 Å². The van der Waals surface area contributed by atoms with Crippen LogP contribution in [0, 0.1) is 17.8 Å². The topological polar surface area (TPSA) is 41.1 Å². The second kappa shape index (κ2) is 4.80. The molecule has 1 aliphatic heterocycles. The van der Waals surface area contributed by atoms with Gasteiger partial charge in [0, 0.05) is 18.7 Å². The molecule has 2 saturated carbocycles. The fraction of sp³-hybridized carbons (Fsp3) is 0.588. The Kier molecular flexibility index (Phi) is 2.94. The average Bonchev–Trinajstić information content (AvgIpc) is 3.37. The van der Waals surface area contributed by atoms with Crippen LogP contribution in [0.15, 0.2) is 24.3 Å². The summed E-state index contributed by atoms with van der Waals surface area (Å²) in [5, 5.41) is 6.54. The van der Waals surface area contributed by atoms with Crippen molar-refractivity contribution >= 4 is 11.6 Å². The first-order valence-electron chi connectivity index (χ1n) is 7.93. The van der Waals surface area contributed by atoms with Crippen molar-refractivity contribution in [3.05, 3.63) is 29.8 Å². The minimum atomic E-state index is -0.0774. The summed E-state index contributed by atoms with van der Waals surface area (Å²) in [6.07, 6.45) is 6.34. The van der Waals surface area contributed by atoms with Crippen LogP contribution < -0.4 is 10.6 Å². The molecular formula is C17H22N2O. The van der Waals surface area contributed by atoms with Crippen LogP contribution in [0.5, 0.6) is 0 Å². The molecule has 0 radical (unpaired) electrons. The third-order valence-corrected chi connectivity index (χ3v) is 5.05. The summed E-state index contributed by atoms with van der Waals surface area (Å²) in [6.45, 7) is 0.892. The molecule has 1 aromatic rings. The number of amides is 1. The number of benzene rings is 1. The third-order valence-electron chi connectivity index (χ3n) is 5.05. The van der Waals surface area contributed by atoms with Crippen molar-refractivity contribution in [1.29, 1.82) is 0 Å². The molecule has 2 N–H and O–H groups in total. The smallest absolute Gasteiger partial charge is 0.242 e. The zero-order valence-corrected chi connectivity index (χ0v) is 11.8. The molecule has 0 saturated heterocycles. The zero-order chi connectivity index (χ0) is 13.5. The van der Waals surface area contributed by atoms with Crippen LogP contribution in [0.2, 0.25) is 0 Å². The van der Waals surface area contributed by atoms with Crippen LogP contribution in [0.4, 0.5) is 5.69 Å². The monoisotopic (exact) mass is 270 g/mol. The van der Waals surface area contributed by atoms with E-state index in [1.807, 2.05) is 12.1 Å². The first-order valence-corrected chi connectivity index (χ1v) is 7.93. The van der Waals surface area contributed by atoms with Gasteiger partial charge in [-0.25, -0.2) is 0 Å². The maximum Gasteiger partial charge on any atom is 0.242 e. The lowest BCUT2D eigenvalue weighted by atomic mass is 9.98. The number of rotatable bonds is 5. The number of fused-ring (bicyclic) bond motifs is 1. The number of carbonyl (C=O) groups excluding carboxylic acids is 1. The van der Waals surface area contributed by atoms with Gasteiger partial charge in [-0.3, -0.25) is 4.79 Å². The van der Waals surface area contributed by atoms with Gasteiger partial charge in [0.1, 0.15) is 6.04 Å². The van der Waals surface area contributed by atoms with E-state index in [-0.39, 0.29) is 11.9 Å². The molecule has 2 fully saturated rings. The molecule has 3 nitrogen and oxygen atoms in total. The molecule has 3 aliphatic rings. The number of hydrogen-bond donors (Lipinski definition) is 2. The summed E-state index contributed by atoms with van der Waals surface area (Å²) >= 11 is 0. The molecule has 1 amide bonds. The Hall–Kier alpha value is -1.51. The number of hydrogen-bond acceptors (Lipinski definition) is 2. The second-order valence-electron chi connectivity index (χ2n) is 6.64. The van der Waals surface area contributed by atoms with Gasteiger partial charge in [0.25, 0.3) is 0 Å². The number of carbonyl (C=O) groups is 1. The van der Waals surface area contributed by atoms with E-state index in [1.165, 1.54) is 31.2 Å². The molecule has 0 spiro atoms. The number of para-hydroxylation sites is 1. The molecule has 0 bridgehead atoms. The highest BCUT2D eigenvalue weighted by atomic mass is 16.2. The van der Waals surface area contributed by atoms with E-state index in [9.17, 15) is 4.79 Å². The van der Waals surface area contributed by atoms with E-state index in [4.69, 9.17) is 0 Å². The SMILES string of the molecule is O=C(NCC(C1CC1)C1CC1)C1Cc2ccccc2N1. The summed E-state index contributed by atoms with van der Waals surface area (Å²) < 4.78 is 0. The molecule has 106 valence electrons. The van der Waals surface area contributed by atoms with Gasteiger partial charge >= 0.3 is 0 Å². The number of nitrogens with one attached hydrogen (secondary N) is 2. The van der Waals surface area contributed by atoms with Gasteiger partial charge in [-0.1, -0.05) is 18.2 Å². The minimum absolute atomic E-state index is 0.0774. The van der Waals surface area contributed by atoms with Gasteiger partial charge in [-0.05, 0) is 55.1 Å². The largest absolute Gasteiger partial charge is 0.373 e. The van der Waals surface area contributed by atoms with E-state index < -0.39 is 0 Å². The molecule has 1 heterocycles. The first-order chi connectivity index (χ1) is 9.81. The van der Waals surface area contributed by atoms with Crippen LogP contribution >= 0.6 is 0 Å². The average molecular weight is 270 g/mol. The van der Waals surface area contributed by atoms with E-state index in [1.54, 1.807) is 0 Å². The van der Waals surface area contributed by atoms with Crippen molar-refractivity contribution in [1.82, 2.24) is 5.32 Å². The van der Waals surface area contributed by atoms with E-state index >= 15 is 0 Å². The van der Waals surface area contributed by atoms with Crippen molar-refractivity contribution < 1.29 is 4.79 Å². The van der Waals surface area contributed by atoms with Crippen molar-refractivity contribution in [3.63, 3.8) is 0 Å². The summed E-state index contributed by atoms with van der Waals surface area (Å²) in [5.74, 6) is 2.73. The summed E-state index contributed by atoms with van der Waals surface area (Å²) in [6, 6.07) is 8.14. The maximum absolute atomic E-state index is 12.3. The number of anilines is 1. The summed E-state index contributed by atoms with van der Waals surface area (Å²) in [7, 11) is 0. The predicted octanol–water partition coefficient (Wildman–Crippen LogP) is 2.58. The Morgan fingerprint density at radius 3 is 2.55 bits per heavy atom. The molecule has 1 atom stereocenters. The van der Waals surface area contributed by atoms with Gasteiger partial charge < -0.3 is 10.6 Å². The van der Waals surface area contributed by atoms with E-state index in [0.29, 0.717) is 0 Å². The highest BCUT2D eigenvalue weighted by molar-refractivity contribution is 5.87. The Balaban J connectivity index is 1.32. The molecule has 20 heavy (non-hydrogen) atoms. The highest BCUT2D eigenvalue weighted by Crippen LogP contribution is 2.48. The van der Waals surface area contributed by atoms with Crippen molar-refractivity contribution in [3.8, 4) is 0 Å². The van der Waals surface area contributed by atoms with E-state index in [0.717, 1.165) is 36.4 Å². The Morgan fingerprint density at radius 1 is 1.20 bits per heavy atom. The van der Waals surface area contributed by atoms with Gasteiger partial charge in [0.05, 0.1) is 0 Å². The molecule has 2 aliphatic carbocycles. The van der Waals surface area contributed by atoms with Crippen LogP contribution in [-0.2, 0) is 11.2 Å². The van der Waals surface area contributed by atoms with Crippen molar-refractivity contribution in [2.24, 2.45) is 17.8 Å². The molecule has 0 aromatic heterocycles. The standard InChI is InChI=1S/C17H22N2O/c20-17(16-9-13-3-1-2-4-15(13)19-16)18-10-14(11-5-6-11)12-7-8-12/h1-4,11-12,14,16,19H,5-10H2,(H,18,20). The maximum atomic E-state index is 12.3. The third kappa shape index (κ3) is 2.41. The van der Waals surface area contributed by atoms with Gasteiger partial charge in [0.2, 0.25) is 5.91 Å². The Bertz CT molecular complexity index is 482. The second-order valence-corrected chi connectivity index (χ2v) is 6.64. The quantitative estimate of drug-likeness (QED) is 0.863. The van der Waals surface area contributed by atoms with Gasteiger partial charge in [-0.15, -0.1) is 0 Å². The zero-order valence-electron chi connectivity index (χ0n) is 11.8. The lowest BCUT2D eigenvalue weighted by Gasteiger charge is -2.18. The molecule has 1 aromatic carbocycles. The highest BCUT2D eigenvalue weighted by Gasteiger charge is 2.41. The minimum Gasteiger partial charge on any atom is -0.373 e. The summed E-state index contributed by atoms with van der Waals surface area (Å²) in [4.78, 5) is 12.3. The lowest BCUT2D eigenvalue weighted by Crippen LogP contribution is -2.41. The van der Waals surface area contributed by atoms with Crippen molar-refractivity contribution in [2.45, 2.75) is 38.1 Å². The predicted molar refractivity (Wildman–Crippen MR) is 79.5 cm³/mol. The van der Waals surface area contributed by atoms with Crippen LogP contribution in [0.1, 0.15) is 31.2 Å². The van der Waals surface area contributed by atoms with Crippen LogP contribution in [-0.4, -0.2) is 18.5 Å². The van der Waals surface area contributed by atoms with E-state index in [2.05, 4.69) is 22.8 Å². The van der Waals surface area contributed by atoms with Gasteiger partial charge in [0.15, 0.2) is 0 Å². The molecular weight excluding hydrogens is 248 g/mol. The fourth-order valence-corrected chi connectivity index (χ4v) is 3.56. The summed E-state index contributed by atoms with van der Waals surface area (Å²) in [5.41, 5.74) is 2.38. The van der Waals surface area contributed by atoms with Crippen LogP contribution in [0.25, 0.3) is 0 Å². The molecule has 3 heteroatoms. The fourth-order valence-electron chi connectivity index (χ4n) is 3.56. The lowest BCUT2D eigenvalue weighted by molar-refractivity contribution is -0.121. The van der Waals surface area contributed by atoms with Crippen molar-refractivity contribution in [2.75, 3.05) is 11.9 Å². The Morgan fingerprint density at radius 2 is 1.90 bits per heavy atom. The Labute approximate surface area is 120 Å². The first kappa shape index (κ1) is 12.2. The normalized spacial score (nSPS) is 24.4. The van der Waals surface area contributed by atoms with Crippen LogP contribution in [0.3, 0.4) is 0 Å². The molecule has 1 unspecified atom stereocenters. The molecule has 4 rings (SSSR count).